The minimum Gasteiger partial charge on any atom is -0.147 e. The van der Waals surface area contributed by atoms with Crippen LogP contribution in [0, 0.1) is 0 Å². The fraction of sp³-hybridized carbons (Fsp3) is 1.00. The lowest BCUT2D eigenvalue weighted by Crippen LogP contribution is -1.72. The average Bonchev–Trinajstić information content (AvgIpc) is 2.02. The second kappa shape index (κ2) is 7.04. The van der Waals surface area contributed by atoms with Crippen molar-refractivity contribution in [1.82, 2.24) is 5.57 Å². The molecule has 0 amide bonds. The zero-order chi connectivity index (χ0) is 5.70. The summed E-state index contributed by atoms with van der Waals surface area (Å²) in [5.74, 6) is 0. The van der Waals surface area contributed by atoms with Crippen LogP contribution < -0.4 is 0 Å². The Labute approximate surface area is 51.7 Å². The van der Waals surface area contributed by atoms with Gasteiger partial charge in [-0.1, -0.05) is 32.7 Å². The first-order valence-corrected chi connectivity index (χ1v) is 2.01. The Kier molecular flexibility index (Phi) is 9.61. The van der Waals surface area contributed by atoms with Crippen LogP contribution in [-0.4, -0.2) is 5.57 Å². The minimum atomic E-state index is -2.50. The fourth-order valence-corrected chi connectivity index (χ4v) is 0. The standard InChI is InChI=1S/C3H6.ClH.F3N/c1-2-3-1;;1-4(2)3/h1-3H2;1H;. The van der Waals surface area contributed by atoms with Gasteiger partial charge in [0.2, 0.25) is 0 Å². The van der Waals surface area contributed by atoms with Gasteiger partial charge in [0.15, 0.2) is 5.57 Å². The van der Waals surface area contributed by atoms with Gasteiger partial charge in [0, 0.05) is 0 Å². The molecule has 1 saturated carbocycles. The van der Waals surface area contributed by atoms with Crippen molar-refractivity contribution in [3.8, 4) is 0 Å². The highest BCUT2D eigenvalue weighted by atomic mass is 35.5. The largest absolute Gasteiger partial charge is 0.199 e. The molecule has 1 fully saturated rings. The van der Waals surface area contributed by atoms with E-state index in [9.17, 15) is 13.4 Å². The normalized spacial score (nSPS) is 13.5. The highest BCUT2D eigenvalue weighted by Crippen LogP contribution is 2.14. The predicted octanol–water partition coefficient (Wildman–Crippen LogP) is 2.53. The Bertz CT molecular complexity index is 36.0. The van der Waals surface area contributed by atoms with Crippen LogP contribution in [-0.2, 0) is 0 Å². The van der Waals surface area contributed by atoms with E-state index in [1.54, 1.807) is 0 Å². The molecular formula is C3H7ClF3N. The molecule has 0 aromatic heterocycles. The lowest BCUT2D eigenvalue weighted by Gasteiger charge is -1.67. The topological polar surface area (TPSA) is 3.24 Å². The number of hydrogen-bond acceptors (Lipinski definition) is 1. The Balaban J connectivity index is 0. The zero-order valence-corrected chi connectivity index (χ0v) is 4.93. The predicted molar refractivity (Wildman–Crippen MR) is 26.3 cm³/mol. The van der Waals surface area contributed by atoms with E-state index in [2.05, 4.69) is 0 Å². The van der Waals surface area contributed by atoms with E-state index in [4.69, 9.17) is 0 Å². The minimum absolute atomic E-state index is 0. The summed E-state index contributed by atoms with van der Waals surface area (Å²) in [5, 5.41) is 0. The third-order valence-electron chi connectivity index (χ3n) is 0.354. The first kappa shape index (κ1) is 10.9. The molecule has 0 N–H and O–H groups in total. The van der Waals surface area contributed by atoms with E-state index < -0.39 is 5.57 Å². The van der Waals surface area contributed by atoms with Gasteiger partial charge in [-0.05, 0) is 0 Å². The number of rotatable bonds is 0. The van der Waals surface area contributed by atoms with E-state index >= 15 is 0 Å². The van der Waals surface area contributed by atoms with Gasteiger partial charge in [0.25, 0.3) is 0 Å². The summed E-state index contributed by atoms with van der Waals surface area (Å²) >= 11 is 0. The van der Waals surface area contributed by atoms with E-state index in [-0.39, 0.29) is 12.4 Å². The molecule has 1 nitrogen and oxygen atoms in total. The molecule has 1 aliphatic carbocycles. The summed E-state index contributed by atoms with van der Waals surface area (Å²) in [7, 11) is 0. The Morgan fingerprint density at radius 1 is 0.875 bits per heavy atom. The molecule has 0 atom stereocenters. The van der Waals surface area contributed by atoms with Crippen molar-refractivity contribution in [3.05, 3.63) is 0 Å². The Morgan fingerprint density at radius 3 is 1.00 bits per heavy atom. The molecule has 5 heteroatoms. The SMILES string of the molecule is C1CC1.Cl.FN(F)F. The molecule has 0 bridgehead atoms. The zero-order valence-electron chi connectivity index (χ0n) is 4.11. The fourth-order valence-electron chi connectivity index (χ4n) is 0. The molecule has 1 aliphatic rings. The van der Waals surface area contributed by atoms with Crippen LogP contribution in [0.25, 0.3) is 0 Å². The summed E-state index contributed by atoms with van der Waals surface area (Å²) in [6, 6.07) is 0. The van der Waals surface area contributed by atoms with Crippen molar-refractivity contribution in [2.24, 2.45) is 0 Å². The van der Waals surface area contributed by atoms with Crippen LogP contribution in [0.2, 0.25) is 0 Å². The van der Waals surface area contributed by atoms with Crippen molar-refractivity contribution in [3.63, 3.8) is 0 Å². The first-order valence-electron chi connectivity index (χ1n) is 2.01. The second-order valence-corrected chi connectivity index (χ2v) is 1.25. The Hall–Kier alpha value is 0.0400. The monoisotopic (exact) mass is 149 g/mol. The van der Waals surface area contributed by atoms with E-state index in [0.29, 0.717) is 0 Å². The van der Waals surface area contributed by atoms with Gasteiger partial charge in [0.1, 0.15) is 0 Å². The van der Waals surface area contributed by atoms with Gasteiger partial charge in [-0.15, -0.1) is 12.4 Å². The summed E-state index contributed by atoms with van der Waals surface area (Å²) in [4.78, 5) is 0. The third-order valence-corrected chi connectivity index (χ3v) is 0.354. The van der Waals surface area contributed by atoms with Gasteiger partial charge < -0.3 is 0 Å². The third kappa shape index (κ3) is 142. The number of hydrogen-bond donors (Lipinski definition) is 0. The van der Waals surface area contributed by atoms with Crippen LogP contribution in [0.5, 0.6) is 0 Å². The molecule has 0 aromatic rings. The molecule has 0 radical (unpaired) electrons. The van der Waals surface area contributed by atoms with Crippen molar-refractivity contribution in [2.45, 2.75) is 19.3 Å². The van der Waals surface area contributed by atoms with Crippen molar-refractivity contribution < 1.29 is 13.4 Å². The summed E-state index contributed by atoms with van der Waals surface area (Å²) in [5.41, 5.74) is -2.50. The lowest BCUT2D eigenvalue weighted by atomic mass is 11.0. The molecular weight excluding hydrogens is 142 g/mol. The first-order chi connectivity index (χ1) is 3.23. The summed E-state index contributed by atoms with van der Waals surface area (Å²) in [6.07, 6.45) is 4.50. The van der Waals surface area contributed by atoms with Crippen LogP contribution in [0.4, 0.5) is 13.4 Å². The Morgan fingerprint density at radius 2 is 1.00 bits per heavy atom. The van der Waals surface area contributed by atoms with Crippen LogP contribution in [0.15, 0.2) is 0 Å². The van der Waals surface area contributed by atoms with Gasteiger partial charge in [0.05, 0.1) is 0 Å². The molecule has 52 valence electrons. The van der Waals surface area contributed by atoms with Crippen molar-refractivity contribution in [2.75, 3.05) is 0 Å². The van der Waals surface area contributed by atoms with Crippen molar-refractivity contribution in [1.29, 1.82) is 0 Å². The van der Waals surface area contributed by atoms with E-state index in [1.807, 2.05) is 0 Å². The van der Waals surface area contributed by atoms with Gasteiger partial charge in [-0.2, -0.15) is 0 Å². The molecule has 0 saturated heterocycles. The molecule has 0 aliphatic heterocycles. The maximum atomic E-state index is 9.50. The van der Waals surface area contributed by atoms with Crippen molar-refractivity contribution >= 4 is 12.4 Å². The average molecular weight is 150 g/mol. The molecule has 0 spiro atoms. The molecule has 0 aromatic carbocycles. The lowest BCUT2D eigenvalue weighted by molar-refractivity contribution is -0.295. The van der Waals surface area contributed by atoms with Gasteiger partial charge in [-0.3, -0.25) is 0 Å². The highest BCUT2D eigenvalue weighted by Gasteiger charge is 1.95. The van der Waals surface area contributed by atoms with Gasteiger partial charge >= 0.3 is 0 Å². The summed E-state index contributed by atoms with van der Waals surface area (Å²) in [6.45, 7) is 0. The molecule has 0 heterocycles. The van der Waals surface area contributed by atoms with Gasteiger partial charge in [-0.25, -0.2) is 0 Å². The van der Waals surface area contributed by atoms with Crippen LogP contribution >= 0.6 is 12.4 Å². The number of halogens is 4. The second-order valence-electron chi connectivity index (χ2n) is 1.25. The maximum absolute atomic E-state index is 9.50. The highest BCUT2D eigenvalue weighted by molar-refractivity contribution is 5.85. The maximum Gasteiger partial charge on any atom is 0.199 e. The number of nitrogens with zero attached hydrogens (tertiary/aromatic N) is 1. The van der Waals surface area contributed by atoms with Crippen LogP contribution in [0.1, 0.15) is 19.3 Å². The van der Waals surface area contributed by atoms with E-state index in [0.717, 1.165) is 0 Å². The van der Waals surface area contributed by atoms with Crippen LogP contribution in [0.3, 0.4) is 0 Å². The van der Waals surface area contributed by atoms with E-state index in [1.165, 1.54) is 19.3 Å². The quantitative estimate of drug-likeness (QED) is 0.479. The smallest absolute Gasteiger partial charge is 0.147 e. The summed E-state index contributed by atoms with van der Waals surface area (Å²) < 4.78 is 28.5. The molecule has 0 unspecified atom stereocenters. The molecule has 1 rings (SSSR count). The molecule has 8 heavy (non-hydrogen) atoms.